The Balaban J connectivity index is 1.74. The van der Waals surface area contributed by atoms with Gasteiger partial charge in [0.1, 0.15) is 0 Å². The third-order valence-electron chi connectivity index (χ3n) is 3.82. The van der Waals surface area contributed by atoms with Crippen LogP contribution >= 0.6 is 11.6 Å². The molecule has 0 fully saturated rings. The molecule has 5 nitrogen and oxygen atoms in total. The Morgan fingerprint density at radius 2 is 1.74 bits per heavy atom. The molecule has 0 unspecified atom stereocenters. The molecule has 0 radical (unpaired) electrons. The van der Waals surface area contributed by atoms with E-state index in [0.717, 1.165) is 5.56 Å². The molecule has 3 aromatic rings. The standard InChI is InChI=1S/C20H16ClN3O2S/c21-19-12-17(9-10-20(19)23-14-15-5-2-1-3-6-15)24-27(25,26)18-8-4-7-16(11-18)13-22/h1-12,23-24H,14H2. The van der Waals surface area contributed by atoms with E-state index in [4.69, 9.17) is 16.9 Å². The van der Waals surface area contributed by atoms with Crippen molar-refractivity contribution < 1.29 is 8.42 Å². The number of nitrogens with zero attached hydrogens (tertiary/aromatic N) is 1. The van der Waals surface area contributed by atoms with Crippen molar-refractivity contribution in [3.05, 3.63) is 88.9 Å². The number of anilines is 2. The molecule has 0 aliphatic heterocycles. The topological polar surface area (TPSA) is 82.0 Å². The third-order valence-corrected chi connectivity index (χ3v) is 5.51. The molecule has 136 valence electrons. The summed E-state index contributed by atoms with van der Waals surface area (Å²) in [6, 6.07) is 22.5. The van der Waals surface area contributed by atoms with Gasteiger partial charge in [0.2, 0.25) is 0 Å². The lowest BCUT2D eigenvalue weighted by Gasteiger charge is -2.12. The van der Waals surface area contributed by atoms with Crippen LogP contribution in [-0.2, 0) is 16.6 Å². The summed E-state index contributed by atoms with van der Waals surface area (Å²) in [6.07, 6.45) is 0. The summed E-state index contributed by atoms with van der Waals surface area (Å²) in [7, 11) is -3.81. The Kier molecular flexibility index (Phi) is 5.65. The SMILES string of the molecule is N#Cc1cccc(S(=O)(=O)Nc2ccc(NCc3ccccc3)c(Cl)c2)c1. The Labute approximate surface area is 163 Å². The number of hydrogen-bond acceptors (Lipinski definition) is 4. The Morgan fingerprint density at radius 1 is 0.963 bits per heavy atom. The number of sulfonamides is 1. The maximum atomic E-state index is 12.5. The fourth-order valence-electron chi connectivity index (χ4n) is 2.46. The number of nitriles is 1. The normalized spacial score (nSPS) is 10.8. The predicted octanol–water partition coefficient (Wildman–Crippen LogP) is 4.62. The average molecular weight is 398 g/mol. The second-order valence-corrected chi connectivity index (χ2v) is 7.87. The van der Waals surface area contributed by atoms with Gasteiger partial charge in [-0.25, -0.2) is 8.42 Å². The molecule has 0 saturated carbocycles. The summed E-state index contributed by atoms with van der Waals surface area (Å²) < 4.78 is 27.5. The summed E-state index contributed by atoms with van der Waals surface area (Å²) in [4.78, 5) is 0.0175. The minimum absolute atomic E-state index is 0.0175. The zero-order chi connectivity index (χ0) is 19.3. The van der Waals surface area contributed by atoms with Crippen LogP contribution in [0.25, 0.3) is 0 Å². The zero-order valence-corrected chi connectivity index (χ0v) is 15.8. The van der Waals surface area contributed by atoms with Gasteiger partial charge in [-0.3, -0.25) is 4.72 Å². The molecule has 0 saturated heterocycles. The molecule has 7 heteroatoms. The zero-order valence-electron chi connectivity index (χ0n) is 14.2. The van der Waals surface area contributed by atoms with Crippen LogP contribution in [0.3, 0.4) is 0 Å². The molecule has 0 amide bonds. The number of rotatable bonds is 6. The van der Waals surface area contributed by atoms with Gasteiger partial charge in [-0.1, -0.05) is 48.0 Å². The molecule has 3 rings (SSSR count). The van der Waals surface area contributed by atoms with Crippen molar-refractivity contribution in [2.75, 3.05) is 10.0 Å². The highest BCUT2D eigenvalue weighted by molar-refractivity contribution is 7.92. The van der Waals surface area contributed by atoms with E-state index in [9.17, 15) is 8.42 Å². The fourth-order valence-corrected chi connectivity index (χ4v) is 3.80. The van der Waals surface area contributed by atoms with E-state index in [1.807, 2.05) is 36.4 Å². The highest BCUT2D eigenvalue weighted by Gasteiger charge is 2.15. The lowest BCUT2D eigenvalue weighted by Crippen LogP contribution is -2.13. The van der Waals surface area contributed by atoms with E-state index < -0.39 is 10.0 Å². The summed E-state index contributed by atoms with van der Waals surface area (Å²) in [6.45, 7) is 0.604. The van der Waals surface area contributed by atoms with Crippen LogP contribution in [0.2, 0.25) is 5.02 Å². The first-order valence-electron chi connectivity index (χ1n) is 8.08. The minimum Gasteiger partial charge on any atom is -0.380 e. The molecule has 0 aliphatic carbocycles. The van der Waals surface area contributed by atoms with Gasteiger partial charge in [-0.2, -0.15) is 5.26 Å². The van der Waals surface area contributed by atoms with Crippen LogP contribution in [-0.4, -0.2) is 8.42 Å². The second-order valence-electron chi connectivity index (χ2n) is 5.78. The van der Waals surface area contributed by atoms with Gasteiger partial charge in [-0.05, 0) is 42.0 Å². The summed E-state index contributed by atoms with van der Waals surface area (Å²) in [5.74, 6) is 0. The molecule has 3 aromatic carbocycles. The van der Waals surface area contributed by atoms with E-state index in [2.05, 4.69) is 10.0 Å². The predicted molar refractivity (Wildman–Crippen MR) is 107 cm³/mol. The number of benzene rings is 3. The van der Waals surface area contributed by atoms with E-state index in [1.54, 1.807) is 24.3 Å². The van der Waals surface area contributed by atoms with Crippen LogP contribution < -0.4 is 10.0 Å². The maximum Gasteiger partial charge on any atom is 0.261 e. The highest BCUT2D eigenvalue weighted by Crippen LogP contribution is 2.27. The fraction of sp³-hybridized carbons (Fsp3) is 0.0500. The minimum atomic E-state index is -3.81. The molecule has 0 aromatic heterocycles. The number of halogens is 1. The van der Waals surface area contributed by atoms with Crippen molar-refractivity contribution in [1.29, 1.82) is 5.26 Å². The van der Waals surface area contributed by atoms with Crippen LogP contribution in [0, 0.1) is 11.3 Å². The number of nitrogens with one attached hydrogen (secondary N) is 2. The molecular weight excluding hydrogens is 382 g/mol. The van der Waals surface area contributed by atoms with Crippen molar-refractivity contribution in [2.45, 2.75) is 11.4 Å². The van der Waals surface area contributed by atoms with Crippen LogP contribution in [0.1, 0.15) is 11.1 Å². The van der Waals surface area contributed by atoms with Crippen molar-refractivity contribution in [2.24, 2.45) is 0 Å². The van der Waals surface area contributed by atoms with Crippen LogP contribution in [0.5, 0.6) is 0 Å². The van der Waals surface area contributed by atoms with Crippen molar-refractivity contribution in [3.8, 4) is 6.07 Å². The van der Waals surface area contributed by atoms with Crippen LogP contribution in [0.15, 0.2) is 77.7 Å². The third kappa shape index (κ3) is 4.79. The van der Waals surface area contributed by atoms with E-state index in [-0.39, 0.29) is 10.5 Å². The lowest BCUT2D eigenvalue weighted by atomic mass is 10.2. The van der Waals surface area contributed by atoms with Crippen molar-refractivity contribution >= 4 is 33.0 Å². The van der Waals surface area contributed by atoms with E-state index in [1.165, 1.54) is 18.2 Å². The Hall–Kier alpha value is -3.01. The molecule has 27 heavy (non-hydrogen) atoms. The first-order chi connectivity index (χ1) is 13.0. The molecular formula is C20H16ClN3O2S. The van der Waals surface area contributed by atoms with Crippen molar-refractivity contribution in [3.63, 3.8) is 0 Å². The van der Waals surface area contributed by atoms with Crippen LogP contribution in [0.4, 0.5) is 11.4 Å². The first-order valence-corrected chi connectivity index (χ1v) is 9.94. The molecule has 0 heterocycles. The quantitative estimate of drug-likeness (QED) is 0.635. The Bertz CT molecular complexity index is 1090. The summed E-state index contributed by atoms with van der Waals surface area (Å²) >= 11 is 6.28. The first kappa shape index (κ1) is 18.8. The van der Waals surface area contributed by atoms with Gasteiger partial charge in [0.05, 0.1) is 32.9 Å². The molecule has 0 atom stereocenters. The summed E-state index contributed by atoms with van der Waals surface area (Å²) in [5.41, 5.74) is 2.43. The second kappa shape index (κ2) is 8.12. The summed E-state index contributed by atoms with van der Waals surface area (Å²) in [5, 5.41) is 12.5. The van der Waals surface area contributed by atoms with E-state index >= 15 is 0 Å². The monoisotopic (exact) mass is 397 g/mol. The highest BCUT2D eigenvalue weighted by atomic mass is 35.5. The largest absolute Gasteiger partial charge is 0.380 e. The lowest BCUT2D eigenvalue weighted by molar-refractivity contribution is 0.601. The van der Waals surface area contributed by atoms with Gasteiger partial charge < -0.3 is 5.32 Å². The molecule has 0 spiro atoms. The smallest absolute Gasteiger partial charge is 0.261 e. The maximum absolute atomic E-state index is 12.5. The molecule has 2 N–H and O–H groups in total. The number of hydrogen-bond donors (Lipinski definition) is 2. The van der Waals surface area contributed by atoms with Gasteiger partial charge in [-0.15, -0.1) is 0 Å². The van der Waals surface area contributed by atoms with Gasteiger partial charge >= 0.3 is 0 Å². The Morgan fingerprint density at radius 3 is 2.44 bits per heavy atom. The van der Waals surface area contributed by atoms with Gasteiger partial charge in [0.15, 0.2) is 0 Å². The van der Waals surface area contributed by atoms with Crippen molar-refractivity contribution in [1.82, 2.24) is 0 Å². The average Bonchev–Trinajstić information content (AvgIpc) is 2.68. The molecule has 0 bridgehead atoms. The van der Waals surface area contributed by atoms with E-state index in [0.29, 0.717) is 22.9 Å². The molecule has 0 aliphatic rings. The van der Waals surface area contributed by atoms with Gasteiger partial charge in [0.25, 0.3) is 10.0 Å². The van der Waals surface area contributed by atoms with Gasteiger partial charge in [0, 0.05) is 6.54 Å².